The zero-order chi connectivity index (χ0) is 14.0. The van der Waals surface area contributed by atoms with Gasteiger partial charge in [0.25, 0.3) is 5.91 Å². The van der Waals surface area contributed by atoms with Gasteiger partial charge < -0.3 is 19.3 Å². The highest BCUT2D eigenvalue weighted by atomic mass is 16.5. The lowest BCUT2D eigenvalue weighted by molar-refractivity contribution is -0.141. The van der Waals surface area contributed by atoms with Gasteiger partial charge in [0.15, 0.2) is 0 Å². The molecular formula is C13H18N2O4. The highest BCUT2D eigenvalue weighted by Crippen LogP contribution is 2.22. The molecule has 1 saturated heterocycles. The zero-order valence-corrected chi connectivity index (χ0v) is 11.1. The van der Waals surface area contributed by atoms with Crippen molar-refractivity contribution < 1.29 is 19.4 Å². The van der Waals surface area contributed by atoms with Crippen molar-refractivity contribution in [3.63, 3.8) is 0 Å². The predicted octanol–water partition coefficient (Wildman–Crippen LogP) is 0.822. The molecule has 104 valence electrons. The van der Waals surface area contributed by atoms with Crippen LogP contribution in [0.5, 0.6) is 0 Å². The summed E-state index contributed by atoms with van der Waals surface area (Å²) in [7, 11) is 1.53. The second-order valence-corrected chi connectivity index (χ2v) is 4.58. The molecule has 1 aromatic heterocycles. The normalized spacial score (nSPS) is 22.7. The molecule has 19 heavy (non-hydrogen) atoms. The second kappa shape index (κ2) is 5.44. The van der Waals surface area contributed by atoms with Gasteiger partial charge in [-0.25, -0.2) is 4.79 Å². The lowest BCUT2D eigenvalue weighted by Gasteiger charge is -2.21. The maximum Gasteiger partial charge on any atom is 0.326 e. The zero-order valence-electron chi connectivity index (χ0n) is 11.1. The fraction of sp³-hybridized carbons (Fsp3) is 0.538. The summed E-state index contributed by atoms with van der Waals surface area (Å²) in [6.07, 6.45) is 1.94. The molecule has 1 aromatic rings. The van der Waals surface area contributed by atoms with Crippen LogP contribution in [0.25, 0.3) is 0 Å². The van der Waals surface area contributed by atoms with Gasteiger partial charge in [-0.3, -0.25) is 4.79 Å². The van der Waals surface area contributed by atoms with Crippen molar-refractivity contribution in [3.8, 4) is 0 Å². The number of methoxy groups -OCH3 is 1. The first-order valence-electron chi connectivity index (χ1n) is 6.30. The number of hydrogen-bond acceptors (Lipinski definition) is 3. The minimum absolute atomic E-state index is 0.213. The first-order chi connectivity index (χ1) is 9.08. The minimum atomic E-state index is -0.984. The van der Waals surface area contributed by atoms with Crippen LogP contribution in [0, 0.1) is 0 Å². The summed E-state index contributed by atoms with van der Waals surface area (Å²) in [4.78, 5) is 25.1. The number of carbonyl (C=O) groups excluding carboxylic acids is 1. The quantitative estimate of drug-likeness (QED) is 0.876. The molecule has 2 atom stereocenters. The Hall–Kier alpha value is -1.82. The second-order valence-electron chi connectivity index (χ2n) is 4.58. The molecule has 0 radical (unpaired) electrons. The van der Waals surface area contributed by atoms with Crippen LogP contribution >= 0.6 is 0 Å². The monoisotopic (exact) mass is 266 g/mol. The van der Waals surface area contributed by atoms with E-state index in [-0.39, 0.29) is 12.0 Å². The summed E-state index contributed by atoms with van der Waals surface area (Å²) in [5.41, 5.74) is 0.519. The first-order valence-corrected chi connectivity index (χ1v) is 6.30. The Bertz CT molecular complexity index is 483. The molecule has 0 spiro atoms. The summed E-state index contributed by atoms with van der Waals surface area (Å²) >= 11 is 0. The molecule has 6 nitrogen and oxygen atoms in total. The van der Waals surface area contributed by atoms with Gasteiger partial charge in [0.2, 0.25) is 0 Å². The van der Waals surface area contributed by atoms with Crippen LogP contribution < -0.4 is 0 Å². The number of likely N-dealkylation sites (tertiary alicyclic amines) is 1. The Morgan fingerprint density at radius 1 is 1.53 bits per heavy atom. The van der Waals surface area contributed by atoms with E-state index in [1.165, 1.54) is 12.0 Å². The molecule has 2 rings (SSSR count). The smallest absolute Gasteiger partial charge is 0.326 e. The van der Waals surface area contributed by atoms with Gasteiger partial charge in [-0.15, -0.1) is 0 Å². The third-order valence-electron chi connectivity index (χ3n) is 3.53. The third-order valence-corrected chi connectivity index (χ3v) is 3.53. The highest BCUT2D eigenvalue weighted by molar-refractivity contribution is 5.95. The summed E-state index contributed by atoms with van der Waals surface area (Å²) < 4.78 is 6.99. The molecule has 0 bridgehead atoms. The molecular weight excluding hydrogens is 248 g/mol. The van der Waals surface area contributed by atoms with Crippen molar-refractivity contribution in [1.29, 1.82) is 0 Å². The number of carboxylic acids is 1. The van der Waals surface area contributed by atoms with Crippen molar-refractivity contribution in [2.75, 3.05) is 13.7 Å². The number of hydrogen-bond donors (Lipinski definition) is 1. The molecule has 1 fully saturated rings. The summed E-state index contributed by atoms with van der Waals surface area (Å²) in [6.45, 7) is 2.93. The van der Waals surface area contributed by atoms with E-state index in [4.69, 9.17) is 4.74 Å². The van der Waals surface area contributed by atoms with Crippen molar-refractivity contribution in [3.05, 3.63) is 24.0 Å². The molecule has 0 saturated carbocycles. The lowest BCUT2D eigenvalue weighted by Crippen LogP contribution is -2.41. The van der Waals surface area contributed by atoms with E-state index in [0.717, 1.165) is 0 Å². The van der Waals surface area contributed by atoms with E-state index in [1.807, 2.05) is 13.1 Å². The maximum atomic E-state index is 12.5. The Morgan fingerprint density at radius 3 is 2.84 bits per heavy atom. The van der Waals surface area contributed by atoms with Gasteiger partial charge in [0, 0.05) is 32.8 Å². The molecule has 6 heteroatoms. The summed E-state index contributed by atoms with van der Waals surface area (Å²) in [5, 5.41) is 9.21. The fourth-order valence-corrected chi connectivity index (χ4v) is 2.46. The van der Waals surface area contributed by atoms with Crippen molar-refractivity contribution in [1.82, 2.24) is 9.47 Å². The van der Waals surface area contributed by atoms with Crippen LogP contribution in [0.2, 0.25) is 0 Å². The SMILES string of the molecule is CCn1cccc1C(=O)N1CC(OC)CC1C(=O)O. The largest absolute Gasteiger partial charge is 0.480 e. The number of aliphatic carboxylic acids is 1. The predicted molar refractivity (Wildman–Crippen MR) is 68.0 cm³/mol. The molecule has 1 amide bonds. The number of rotatable bonds is 4. The third kappa shape index (κ3) is 2.49. The Kier molecular flexibility index (Phi) is 3.90. The number of nitrogens with zero attached hydrogens (tertiary/aromatic N) is 2. The summed E-state index contributed by atoms with van der Waals surface area (Å²) in [6, 6.07) is 2.69. The molecule has 1 N–H and O–H groups in total. The number of amides is 1. The molecule has 2 heterocycles. The maximum absolute atomic E-state index is 12.5. The topological polar surface area (TPSA) is 71.8 Å². The fourth-order valence-electron chi connectivity index (χ4n) is 2.46. The molecule has 0 aliphatic carbocycles. The van der Waals surface area contributed by atoms with Gasteiger partial charge >= 0.3 is 5.97 Å². The van der Waals surface area contributed by atoms with Crippen LogP contribution in [0.15, 0.2) is 18.3 Å². The van der Waals surface area contributed by atoms with E-state index < -0.39 is 12.0 Å². The van der Waals surface area contributed by atoms with Crippen LogP contribution in [-0.4, -0.2) is 52.3 Å². The Morgan fingerprint density at radius 2 is 2.26 bits per heavy atom. The number of carbonyl (C=O) groups is 2. The van der Waals surface area contributed by atoms with Crippen molar-refractivity contribution in [2.45, 2.75) is 32.0 Å². The van der Waals surface area contributed by atoms with Crippen LogP contribution in [0.3, 0.4) is 0 Å². The Balaban J connectivity index is 2.24. The van der Waals surface area contributed by atoms with Gasteiger partial charge in [-0.1, -0.05) is 0 Å². The van der Waals surface area contributed by atoms with E-state index in [1.54, 1.807) is 16.7 Å². The van der Waals surface area contributed by atoms with Gasteiger partial charge in [0.1, 0.15) is 11.7 Å². The van der Waals surface area contributed by atoms with E-state index in [9.17, 15) is 14.7 Å². The van der Waals surface area contributed by atoms with Gasteiger partial charge in [0.05, 0.1) is 6.10 Å². The van der Waals surface area contributed by atoms with E-state index >= 15 is 0 Å². The standard InChI is InChI=1S/C13H18N2O4/c1-3-14-6-4-5-10(14)12(16)15-8-9(19-2)7-11(15)13(17)18/h4-6,9,11H,3,7-8H2,1-2H3,(H,17,18). The average molecular weight is 266 g/mol. The molecule has 1 aliphatic heterocycles. The number of carboxylic acid groups (broad SMARTS) is 1. The first kappa shape index (κ1) is 13.6. The van der Waals surface area contributed by atoms with Crippen molar-refractivity contribution in [2.24, 2.45) is 0 Å². The molecule has 2 unspecified atom stereocenters. The average Bonchev–Trinajstić information content (AvgIpc) is 3.03. The van der Waals surface area contributed by atoms with Crippen LogP contribution in [0.1, 0.15) is 23.8 Å². The van der Waals surface area contributed by atoms with Gasteiger partial charge in [-0.05, 0) is 19.1 Å². The van der Waals surface area contributed by atoms with Crippen molar-refractivity contribution >= 4 is 11.9 Å². The Labute approximate surface area is 111 Å². The highest BCUT2D eigenvalue weighted by Gasteiger charge is 2.40. The number of aryl methyl sites for hydroxylation is 1. The van der Waals surface area contributed by atoms with E-state index in [2.05, 4.69) is 0 Å². The number of ether oxygens (including phenoxy) is 1. The molecule has 1 aliphatic rings. The number of aromatic nitrogens is 1. The van der Waals surface area contributed by atoms with Gasteiger partial charge in [-0.2, -0.15) is 0 Å². The van der Waals surface area contributed by atoms with Crippen LogP contribution in [0.4, 0.5) is 0 Å². The summed E-state index contributed by atoms with van der Waals surface area (Å²) in [5.74, 6) is -1.23. The lowest BCUT2D eigenvalue weighted by atomic mass is 10.2. The van der Waals surface area contributed by atoms with Crippen LogP contribution in [-0.2, 0) is 16.1 Å². The molecule has 0 aromatic carbocycles. The van der Waals surface area contributed by atoms with E-state index in [0.29, 0.717) is 25.2 Å². The minimum Gasteiger partial charge on any atom is -0.480 e.